The van der Waals surface area contributed by atoms with Crippen molar-refractivity contribution in [3.63, 3.8) is 0 Å². The number of nitrogens with one attached hydrogen (secondary N) is 2. The van der Waals surface area contributed by atoms with Crippen LogP contribution in [-0.4, -0.2) is 40.7 Å². The molecule has 3 aromatic rings. The molecule has 0 spiro atoms. The van der Waals surface area contributed by atoms with E-state index in [0.29, 0.717) is 4.88 Å². The Balaban J connectivity index is 1.67. The van der Waals surface area contributed by atoms with Crippen molar-refractivity contribution in [3.8, 4) is 16.2 Å². The van der Waals surface area contributed by atoms with Crippen LogP contribution in [0.15, 0.2) is 46.7 Å². The van der Waals surface area contributed by atoms with Gasteiger partial charge in [0.05, 0.1) is 12.8 Å². The van der Waals surface area contributed by atoms with Crippen LogP contribution in [0.5, 0.6) is 5.75 Å². The fourth-order valence-corrected chi connectivity index (χ4v) is 6.26. The monoisotopic (exact) mass is 507 g/mol. The van der Waals surface area contributed by atoms with Crippen molar-refractivity contribution >= 4 is 32.7 Å². The predicted octanol–water partition coefficient (Wildman–Crippen LogP) is 5.00. The molecule has 4 rings (SSSR count). The Morgan fingerprint density at radius 3 is 2.41 bits per heavy atom. The number of nitrogens with zero attached hydrogens (tertiary/aromatic N) is 1. The van der Waals surface area contributed by atoms with Crippen molar-refractivity contribution in [1.82, 2.24) is 5.32 Å². The van der Waals surface area contributed by atoms with Gasteiger partial charge in [0.15, 0.2) is 0 Å². The van der Waals surface area contributed by atoms with E-state index in [4.69, 9.17) is 4.74 Å². The largest absolute Gasteiger partial charge is 0.495 e. The highest BCUT2D eigenvalue weighted by molar-refractivity contribution is 7.92. The number of rotatable bonds is 6. The Morgan fingerprint density at radius 2 is 1.79 bits per heavy atom. The average molecular weight is 508 g/mol. The molecular formula is C24H27F2N3O3S2. The number of piperazine rings is 1. The van der Waals surface area contributed by atoms with Gasteiger partial charge in [-0.2, -0.15) is 0 Å². The van der Waals surface area contributed by atoms with Gasteiger partial charge >= 0.3 is 0 Å². The molecule has 0 saturated carbocycles. The van der Waals surface area contributed by atoms with Crippen molar-refractivity contribution in [2.45, 2.75) is 37.8 Å². The Labute approximate surface area is 202 Å². The molecule has 0 bridgehead atoms. The number of hydrogen-bond donors (Lipinski definition) is 2. The maximum atomic E-state index is 14.9. The summed E-state index contributed by atoms with van der Waals surface area (Å²) in [5.74, 6) is -1.57. The highest BCUT2D eigenvalue weighted by Crippen LogP contribution is 2.35. The molecule has 2 N–H and O–H groups in total. The van der Waals surface area contributed by atoms with Crippen molar-refractivity contribution in [1.29, 1.82) is 0 Å². The van der Waals surface area contributed by atoms with Crippen LogP contribution >= 0.6 is 11.3 Å². The van der Waals surface area contributed by atoms with Gasteiger partial charge in [0, 0.05) is 41.3 Å². The second-order valence-corrected chi connectivity index (χ2v) is 11.2. The Kier molecular flexibility index (Phi) is 6.84. The topological polar surface area (TPSA) is 70.7 Å². The van der Waals surface area contributed by atoms with E-state index in [1.165, 1.54) is 18.4 Å². The Hall–Kier alpha value is -2.69. The first-order valence-electron chi connectivity index (χ1n) is 10.8. The number of methoxy groups -OCH3 is 1. The summed E-state index contributed by atoms with van der Waals surface area (Å²) in [5, 5.41) is 5.27. The summed E-state index contributed by atoms with van der Waals surface area (Å²) in [6.07, 6.45) is 0. The molecule has 0 radical (unpaired) electrons. The number of hydrogen-bond acceptors (Lipinski definition) is 6. The highest BCUT2D eigenvalue weighted by atomic mass is 32.2. The van der Waals surface area contributed by atoms with Gasteiger partial charge in [-0.3, -0.25) is 4.72 Å². The van der Waals surface area contributed by atoms with Crippen molar-refractivity contribution in [2.24, 2.45) is 0 Å². The summed E-state index contributed by atoms with van der Waals surface area (Å²) in [4.78, 5) is 1.90. The molecule has 1 aromatic heterocycles. The number of sulfonamides is 1. The zero-order valence-corrected chi connectivity index (χ0v) is 21.0. The average Bonchev–Trinajstić information content (AvgIpc) is 3.20. The van der Waals surface area contributed by atoms with E-state index in [-0.39, 0.29) is 29.1 Å². The van der Waals surface area contributed by atoms with Gasteiger partial charge in [-0.1, -0.05) is 0 Å². The first-order chi connectivity index (χ1) is 16.1. The van der Waals surface area contributed by atoms with Gasteiger partial charge in [0.1, 0.15) is 22.3 Å². The maximum Gasteiger partial charge on any atom is 0.265 e. The van der Waals surface area contributed by atoms with Gasteiger partial charge in [-0.25, -0.2) is 17.2 Å². The number of thiophene rings is 1. The van der Waals surface area contributed by atoms with E-state index >= 15 is 0 Å². The normalized spacial score (nSPS) is 18.7. The molecule has 182 valence electrons. The number of benzene rings is 2. The van der Waals surface area contributed by atoms with E-state index in [1.807, 2.05) is 18.4 Å². The smallest absolute Gasteiger partial charge is 0.265 e. The number of ether oxygens (including phenoxy) is 1. The molecule has 0 amide bonds. The molecule has 10 heteroatoms. The standard InChI is InChI=1S/C24H27F2N3O3S2/c1-14-7-23(33-13-14)18-9-20(26)24(10-19(18)25)34(30,31)28-21-8-17(5-6-22(21)32-4)29-11-15(2)27-16(3)12-29/h5-10,13,15-16,27-28H,11-12H2,1-4H3. The number of anilines is 2. The molecule has 2 atom stereocenters. The molecule has 2 heterocycles. The summed E-state index contributed by atoms with van der Waals surface area (Å²) in [7, 11) is -3.02. The van der Waals surface area contributed by atoms with Gasteiger partial charge in [-0.15, -0.1) is 11.3 Å². The lowest BCUT2D eigenvalue weighted by molar-refractivity contribution is 0.406. The van der Waals surface area contributed by atoms with E-state index < -0.39 is 26.6 Å². The minimum absolute atomic E-state index is 0.0241. The fraction of sp³-hybridized carbons (Fsp3) is 0.333. The molecular weight excluding hydrogens is 480 g/mol. The van der Waals surface area contributed by atoms with Gasteiger partial charge in [-0.05, 0) is 68.1 Å². The second kappa shape index (κ2) is 9.52. The van der Waals surface area contributed by atoms with Crippen molar-refractivity contribution < 1.29 is 21.9 Å². The minimum Gasteiger partial charge on any atom is -0.495 e. The molecule has 1 aliphatic heterocycles. The van der Waals surface area contributed by atoms with Gasteiger partial charge in [0.2, 0.25) is 0 Å². The van der Waals surface area contributed by atoms with Crippen LogP contribution in [0.1, 0.15) is 19.4 Å². The van der Waals surface area contributed by atoms with Crippen molar-refractivity contribution in [2.75, 3.05) is 29.8 Å². The zero-order chi connectivity index (χ0) is 24.6. The predicted molar refractivity (Wildman–Crippen MR) is 132 cm³/mol. The first-order valence-corrected chi connectivity index (χ1v) is 13.2. The highest BCUT2D eigenvalue weighted by Gasteiger charge is 2.26. The molecule has 6 nitrogen and oxygen atoms in total. The number of halogens is 2. The lowest BCUT2D eigenvalue weighted by Gasteiger charge is -2.38. The SMILES string of the molecule is COc1ccc(N2CC(C)NC(C)C2)cc1NS(=O)(=O)c1cc(F)c(-c2cc(C)cs2)cc1F. The zero-order valence-electron chi connectivity index (χ0n) is 19.4. The van der Waals surface area contributed by atoms with Gasteiger partial charge < -0.3 is 15.0 Å². The number of aryl methyl sites for hydroxylation is 1. The van der Waals surface area contributed by atoms with Crippen LogP contribution in [0.25, 0.3) is 10.4 Å². The molecule has 1 aliphatic rings. The second-order valence-electron chi connectivity index (χ2n) is 8.61. The van der Waals surface area contributed by atoms with Crippen molar-refractivity contribution in [3.05, 3.63) is 59.0 Å². The lowest BCUT2D eigenvalue weighted by Crippen LogP contribution is -2.54. The maximum absolute atomic E-state index is 14.9. The molecule has 1 saturated heterocycles. The van der Waals surface area contributed by atoms with Crippen LogP contribution in [0.3, 0.4) is 0 Å². The molecule has 1 fully saturated rings. The Morgan fingerprint density at radius 1 is 1.09 bits per heavy atom. The third-order valence-electron chi connectivity index (χ3n) is 5.66. The van der Waals surface area contributed by atoms with Crippen LogP contribution in [0.2, 0.25) is 0 Å². The molecule has 0 aliphatic carbocycles. The summed E-state index contributed by atoms with van der Waals surface area (Å²) in [6, 6.07) is 9.04. The minimum atomic E-state index is -4.43. The Bertz CT molecular complexity index is 1300. The van der Waals surface area contributed by atoms with Crippen LogP contribution in [-0.2, 0) is 10.0 Å². The summed E-state index contributed by atoms with van der Waals surface area (Å²) in [6.45, 7) is 7.49. The summed E-state index contributed by atoms with van der Waals surface area (Å²) in [5.41, 5.74) is 1.89. The molecule has 34 heavy (non-hydrogen) atoms. The van der Waals surface area contributed by atoms with Crippen LogP contribution in [0, 0.1) is 18.6 Å². The quantitative estimate of drug-likeness (QED) is 0.492. The molecule has 2 unspecified atom stereocenters. The van der Waals surface area contributed by atoms with E-state index in [9.17, 15) is 17.2 Å². The van der Waals surface area contributed by atoms with Crippen LogP contribution < -0.4 is 19.7 Å². The summed E-state index contributed by atoms with van der Waals surface area (Å²) >= 11 is 1.26. The fourth-order valence-electron chi connectivity index (χ4n) is 4.21. The van der Waals surface area contributed by atoms with E-state index in [0.717, 1.165) is 36.5 Å². The lowest BCUT2D eigenvalue weighted by atomic mass is 10.1. The summed E-state index contributed by atoms with van der Waals surface area (Å²) < 4.78 is 63.7. The third-order valence-corrected chi connectivity index (χ3v) is 8.12. The van der Waals surface area contributed by atoms with Crippen LogP contribution in [0.4, 0.5) is 20.2 Å². The van der Waals surface area contributed by atoms with E-state index in [1.54, 1.807) is 18.2 Å². The third kappa shape index (κ3) is 5.03. The van der Waals surface area contributed by atoms with E-state index in [2.05, 4.69) is 28.8 Å². The molecule has 2 aromatic carbocycles. The van der Waals surface area contributed by atoms with Gasteiger partial charge in [0.25, 0.3) is 10.0 Å². The first kappa shape index (κ1) is 24.4.